The third-order valence-electron chi connectivity index (χ3n) is 3.31. The van der Waals surface area contributed by atoms with Gasteiger partial charge in [0.2, 0.25) is 0 Å². The fourth-order valence-electron chi connectivity index (χ4n) is 2.12. The number of carbonyl (C=O) groups is 2. The first kappa shape index (κ1) is 17.7. The molecule has 0 saturated heterocycles. The third kappa shape index (κ3) is 9.33. The van der Waals surface area contributed by atoms with E-state index in [0.717, 1.165) is 0 Å². The summed E-state index contributed by atoms with van der Waals surface area (Å²) in [5, 5.41) is 14.1. The van der Waals surface area contributed by atoms with E-state index in [-0.39, 0.29) is 12.5 Å². The number of carboxylic acid groups (broad SMARTS) is 1. The van der Waals surface area contributed by atoms with Gasteiger partial charge in [-0.3, -0.25) is 4.79 Å². The van der Waals surface area contributed by atoms with Gasteiger partial charge in [0.15, 0.2) is 0 Å². The summed E-state index contributed by atoms with van der Waals surface area (Å²) >= 11 is 0. The highest BCUT2D eigenvalue weighted by Gasteiger charge is 2.17. The number of carboxylic acids is 1. The molecule has 0 saturated carbocycles. The van der Waals surface area contributed by atoms with Gasteiger partial charge in [-0.2, -0.15) is 0 Å². The second-order valence-electron chi connectivity index (χ2n) is 5.64. The molecule has 0 atom stereocenters. The molecule has 5 nitrogen and oxygen atoms in total. The largest absolute Gasteiger partial charge is 0.481 e. The molecule has 3 N–H and O–H groups in total. The molecule has 5 heteroatoms. The molecule has 0 radical (unpaired) electrons. The molecule has 0 unspecified atom stereocenters. The fraction of sp³-hybridized carbons (Fsp3) is 0.857. The minimum Gasteiger partial charge on any atom is -0.481 e. The highest BCUT2D eigenvalue weighted by molar-refractivity contribution is 5.73. The molecule has 0 fully saturated rings. The summed E-state index contributed by atoms with van der Waals surface area (Å²) in [4.78, 5) is 21.9. The van der Waals surface area contributed by atoms with Gasteiger partial charge >= 0.3 is 12.0 Å². The molecule has 0 aromatic carbocycles. The molecule has 0 aliphatic rings. The third-order valence-corrected chi connectivity index (χ3v) is 3.31. The van der Waals surface area contributed by atoms with Gasteiger partial charge in [0.25, 0.3) is 0 Å². The smallest absolute Gasteiger partial charge is 0.314 e. The molecule has 0 aromatic rings. The van der Waals surface area contributed by atoms with Crippen LogP contribution in [0.3, 0.4) is 0 Å². The van der Waals surface area contributed by atoms with E-state index in [4.69, 9.17) is 5.11 Å². The quantitative estimate of drug-likeness (QED) is 0.564. The van der Waals surface area contributed by atoms with Crippen molar-refractivity contribution in [3.8, 4) is 0 Å². The zero-order valence-corrected chi connectivity index (χ0v) is 12.5. The van der Waals surface area contributed by atoms with E-state index in [2.05, 4.69) is 38.3 Å². The van der Waals surface area contributed by atoms with Gasteiger partial charge in [-0.1, -0.05) is 27.7 Å². The van der Waals surface area contributed by atoms with Crippen molar-refractivity contribution >= 4 is 12.0 Å². The monoisotopic (exact) mass is 272 g/mol. The zero-order chi connectivity index (χ0) is 14.8. The number of unbranched alkanes of at least 4 members (excludes halogenated alkanes) is 1. The van der Waals surface area contributed by atoms with Gasteiger partial charge in [0, 0.05) is 19.5 Å². The van der Waals surface area contributed by atoms with Crippen LogP contribution in [0.1, 0.15) is 47.0 Å². The van der Waals surface area contributed by atoms with E-state index >= 15 is 0 Å². The Morgan fingerprint density at radius 1 is 1.00 bits per heavy atom. The van der Waals surface area contributed by atoms with Crippen LogP contribution in [0.15, 0.2) is 0 Å². The number of rotatable bonds is 9. The van der Waals surface area contributed by atoms with Gasteiger partial charge in [-0.15, -0.1) is 0 Å². The molecule has 0 spiro atoms. The minimum absolute atomic E-state index is 0.159. The maximum absolute atomic E-state index is 11.6. The summed E-state index contributed by atoms with van der Waals surface area (Å²) < 4.78 is 0. The molecule has 0 heterocycles. The molecule has 0 aliphatic heterocycles. The van der Waals surface area contributed by atoms with Crippen molar-refractivity contribution in [2.75, 3.05) is 13.1 Å². The molecule has 0 rings (SSSR count). The van der Waals surface area contributed by atoms with Gasteiger partial charge in [0.05, 0.1) is 0 Å². The van der Waals surface area contributed by atoms with E-state index in [1.165, 1.54) is 0 Å². The summed E-state index contributed by atoms with van der Waals surface area (Å²) in [6, 6.07) is -0.165. The molecule has 112 valence electrons. The van der Waals surface area contributed by atoms with Crippen molar-refractivity contribution in [3.63, 3.8) is 0 Å². The van der Waals surface area contributed by atoms with E-state index in [9.17, 15) is 9.59 Å². The Bertz CT molecular complexity index is 270. The van der Waals surface area contributed by atoms with Crippen molar-refractivity contribution in [3.05, 3.63) is 0 Å². The van der Waals surface area contributed by atoms with Crippen LogP contribution in [-0.4, -0.2) is 30.2 Å². The molecule has 0 aliphatic carbocycles. The minimum atomic E-state index is -0.791. The van der Waals surface area contributed by atoms with Crippen LogP contribution >= 0.6 is 0 Å². The van der Waals surface area contributed by atoms with Crippen LogP contribution in [-0.2, 0) is 4.79 Å². The van der Waals surface area contributed by atoms with Crippen LogP contribution in [0.5, 0.6) is 0 Å². The average Bonchev–Trinajstić information content (AvgIpc) is 2.27. The molecular weight excluding hydrogens is 244 g/mol. The second-order valence-corrected chi connectivity index (χ2v) is 5.64. The first-order valence-corrected chi connectivity index (χ1v) is 7.08. The fourth-order valence-corrected chi connectivity index (χ4v) is 2.12. The molecule has 19 heavy (non-hydrogen) atoms. The van der Waals surface area contributed by atoms with E-state index in [1.54, 1.807) is 0 Å². The number of carbonyl (C=O) groups excluding carboxylic acids is 1. The second kappa shape index (κ2) is 9.64. The summed E-state index contributed by atoms with van der Waals surface area (Å²) in [5.41, 5.74) is 0. The van der Waals surface area contributed by atoms with Crippen LogP contribution in [0.4, 0.5) is 4.79 Å². The predicted octanol–water partition coefficient (Wildman–Crippen LogP) is 2.47. The molecule has 0 aromatic heterocycles. The normalized spacial score (nSPS) is 11.1. The highest BCUT2D eigenvalue weighted by Crippen LogP contribution is 2.19. The van der Waals surface area contributed by atoms with Crippen molar-refractivity contribution < 1.29 is 14.7 Å². The van der Waals surface area contributed by atoms with Crippen LogP contribution in [0.25, 0.3) is 0 Å². The molecule has 0 bridgehead atoms. The Morgan fingerprint density at radius 2 is 1.58 bits per heavy atom. The van der Waals surface area contributed by atoms with Crippen molar-refractivity contribution in [2.24, 2.45) is 17.8 Å². The Morgan fingerprint density at radius 3 is 2.05 bits per heavy atom. The maximum Gasteiger partial charge on any atom is 0.314 e. The van der Waals surface area contributed by atoms with Crippen LogP contribution in [0, 0.1) is 17.8 Å². The Kier molecular flexibility index (Phi) is 9.00. The number of nitrogens with one attached hydrogen (secondary N) is 2. The number of hydrogen-bond acceptors (Lipinski definition) is 2. The van der Waals surface area contributed by atoms with Gasteiger partial charge < -0.3 is 15.7 Å². The van der Waals surface area contributed by atoms with Crippen molar-refractivity contribution in [1.82, 2.24) is 10.6 Å². The number of amides is 2. The lowest BCUT2D eigenvalue weighted by molar-refractivity contribution is -0.137. The van der Waals surface area contributed by atoms with Gasteiger partial charge in [0.1, 0.15) is 0 Å². The lowest BCUT2D eigenvalue weighted by Crippen LogP contribution is -2.40. The first-order chi connectivity index (χ1) is 8.84. The number of hydrogen-bond donors (Lipinski definition) is 3. The summed E-state index contributed by atoms with van der Waals surface area (Å²) in [7, 11) is 0. The summed E-state index contributed by atoms with van der Waals surface area (Å²) in [6.07, 6.45) is 1.44. The van der Waals surface area contributed by atoms with Crippen LogP contribution in [0.2, 0.25) is 0 Å². The van der Waals surface area contributed by atoms with Crippen molar-refractivity contribution in [1.29, 1.82) is 0 Å². The average molecular weight is 272 g/mol. The van der Waals surface area contributed by atoms with E-state index in [0.29, 0.717) is 43.7 Å². The van der Waals surface area contributed by atoms with E-state index < -0.39 is 5.97 Å². The summed E-state index contributed by atoms with van der Waals surface area (Å²) in [5.74, 6) is 0.755. The Hall–Kier alpha value is -1.26. The summed E-state index contributed by atoms with van der Waals surface area (Å²) in [6.45, 7) is 9.85. The Balaban J connectivity index is 3.71. The predicted molar refractivity (Wildman–Crippen MR) is 76.1 cm³/mol. The SMILES string of the molecule is CC(C)C(CNC(=O)NCCCCC(=O)O)C(C)C. The first-order valence-electron chi connectivity index (χ1n) is 7.08. The lowest BCUT2D eigenvalue weighted by atomic mass is 9.85. The maximum atomic E-state index is 11.6. The van der Waals surface area contributed by atoms with E-state index in [1.807, 2.05) is 0 Å². The number of aliphatic carboxylic acids is 1. The standard InChI is InChI=1S/C14H28N2O3/c1-10(2)12(11(3)4)9-16-14(19)15-8-6-5-7-13(17)18/h10-12H,5-9H2,1-4H3,(H,17,18)(H2,15,16,19). The zero-order valence-electron chi connectivity index (χ0n) is 12.5. The highest BCUT2D eigenvalue weighted by atomic mass is 16.4. The van der Waals surface area contributed by atoms with Gasteiger partial charge in [-0.05, 0) is 30.6 Å². The topological polar surface area (TPSA) is 78.4 Å². The Labute approximate surface area is 116 Å². The lowest BCUT2D eigenvalue weighted by Gasteiger charge is -2.25. The van der Waals surface area contributed by atoms with Crippen LogP contribution < -0.4 is 10.6 Å². The molecule has 2 amide bonds. The van der Waals surface area contributed by atoms with Gasteiger partial charge in [-0.25, -0.2) is 4.79 Å². The number of urea groups is 1. The van der Waals surface area contributed by atoms with Crippen molar-refractivity contribution in [2.45, 2.75) is 47.0 Å². The molecular formula is C14H28N2O3.